The fourth-order valence-corrected chi connectivity index (χ4v) is 1.52. The number of piperidine rings is 1. The van der Waals surface area contributed by atoms with Crippen LogP contribution >= 0.6 is 0 Å². The van der Waals surface area contributed by atoms with Crippen LogP contribution in [0, 0.1) is 0 Å². The molecule has 0 amide bonds. The molecule has 0 unspecified atom stereocenters. The molecular formula is C9H17NO3. The molecule has 0 radical (unpaired) electrons. The lowest BCUT2D eigenvalue weighted by Gasteiger charge is -2.25. The number of aliphatic hydroxyl groups excluding tert-OH is 1. The van der Waals surface area contributed by atoms with E-state index in [0.717, 1.165) is 19.6 Å². The summed E-state index contributed by atoms with van der Waals surface area (Å²) in [7, 11) is 0. The maximum absolute atomic E-state index is 10.6. The summed E-state index contributed by atoms with van der Waals surface area (Å²) < 4.78 is 4.76. The van der Waals surface area contributed by atoms with Crippen molar-refractivity contribution in [1.82, 2.24) is 4.90 Å². The summed E-state index contributed by atoms with van der Waals surface area (Å²) >= 11 is 0. The quantitative estimate of drug-likeness (QED) is 0.630. The standard InChI is InChI=1S/C9H17NO3/c11-8-9(12)13-7-6-10-4-2-1-3-5-10/h11H,1-8H2. The van der Waals surface area contributed by atoms with Crippen LogP contribution in [-0.2, 0) is 9.53 Å². The van der Waals surface area contributed by atoms with E-state index in [4.69, 9.17) is 9.84 Å². The molecule has 1 fully saturated rings. The first-order chi connectivity index (χ1) is 6.33. The van der Waals surface area contributed by atoms with Crippen LogP contribution in [0.25, 0.3) is 0 Å². The van der Waals surface area contributed by atoms with Crippen LogP contribution in [0.15, 0.2) is 0 Å². The molecule has 1 heterocycles. The van der Waals surface area contributed by atoms with E-state index >= 15 is 0 Å². The smallest absolute Gasteiger partial charge is 0.331 e. The Bertz CT molecular complexity index is 155. The minimum Gasteiger partial charge on any atom is -0.463 e. The molecule has 0 aromatic rings. The summed E-state index contributed by atoms with van der Waals surface area (Å²) in [6, 6.07) is 0. The predicted octanol–water partition coefficient (Wildman–Crippen LogP) is 0.00780. The third-order valence-corrected chi connectivity index (χ3v) is 2.25. The first-order valence-corrected chi connectivity index (χ1v) is 4.82. The number of ether oxygens (including phenoxy) is 1. The van der Waals surface area contributed by atoms with Gasteiger partial charge in [-0.15, -0.1) is 0 Å². The molecule has 0 atom stereocenters. The minimum atomic E-state index is -0.531. The van der Waals surface area contributed by atoms with E-state index < -0.39 is 12.6 Å². The number of esters is 1. The molecule has 0 aromatic carbocycles. The van der Waals surface area contributed by atoms with Gasteiger partial charge >= 0.3 is 5.97 Å². The Morgan fingerprint density at radius 3 is 2.62 bits per heavy atom. The molecule has 1 rings (SSSR count). The van der Waals surface area contributed by atoms with Crippen molar-refractivity contribution in [2.45, 2.75) is 19.3 Å². The number of hydrogen-bond acceptors (Lipinski definition) is 4. The summed E-state index contributed by atoms with van der Waals surface area (Å²) in [5.74, 6) is -0.531. The molecule has 4 nitrogen and oxygen atoms in total. The summed E-state index contributed by atoms with van der Waals surface area (Å²) in [5, 5.41) is 8.38. The van der Waals surface area contributed by atoms with Crippen LogP contribution in [0.5, 0.6) is 0 Å². The third kappa shape index (κ3) is 4.24. The first-order valence-electron chi connectivity index (χ1n) is 4.82. The highest BCUT2D eigenvalue weighted by Gasteiger charge is 2.09. The molecule has 0 bridgehead atoms. The molecule has 1 saturated heterocycles. The topological polar surface area (TPSA) is 49.8 Å². The van der Waals surface area contributed by atoms with Crippen LogP contribution in [-0.4, -0.2) is 48.8 Å². The molecule has 0 saturated carbocycles. The largest absolute Gasteiger partial charge is 0.463 e. The molecule has 0 aliphatic carbocycles. The van der Waals surface area contributed by atoms with Gasteiger partial charge in [0.15, 0.2) is 0 Å². The van der Waals surface area contributed by atoms with Crippen molar-refractivity contribution in [3.05, 3.63) is 0 Å². The van der Waals surface area contributed by atoms with Gasteiger partial charge in [-0.25, -0.2) is 4.79 Å². The lowest BCUT2D eigenvalue weighted by atomic mass is 10.1. The first kappa shape index (κ1) is 10.5. The Hall–Kier alpha value is -0.610. The van der Waals surface area contributed by atoms with Gasteiger partial charge in [0.05, 0.1) is 0 Å². The highest BCUT2D eigenvalue weighted by molar-refractivity contribution is 5.70. The van der Waals surface area contributed by atoms with Crippen molar-refractivity contribution < 1.29 is 14.6 Å². The normalized spacial score (nSPS) is 18.5. The lowest BCUT2D eigenvalue weighted by molar-refractivity contribution is -0.147. The molecule has 13 heavy (non-hydrogen) atoms. The second-order valence-electron chi connectivity index (χ2n) is 3.28. The number of hydrogen-bond donors (Lipinski definition) is 1. The monoisotopic (exact) mass is 187 g/mol. The van der Waals surface area contributed by atoms with Gasteiger partial charge < -0.3 is 9.84 Å². The van der Waals surface area contributed by atoms with Crippen molar-refractivity contribution in [1.29, 1.82) is 0 Å². The molecular weight excluding hydrogens is 170 g/mol. The summed E-state index contributed by atoms with van der Waals surface area (Å²) in [5.41, 5.74) is 0. The summed E-state index contributed by atoms with van der Waals surface area (Å²) in [6.45, 7) is 2.90. The van der Waals surface area contributed by atoms with E-state index in [1.165, 1.54) is 19.3 Å². The van der Waals surface area contributed by atoms with Crippen molar-refractivity contribution >= 4 is 5.97 Å². The molecule has 1 N–H and O–H groups in total. The van der Waals surface area contributed by atoms with E-state index in [2.05, 4.69) is 4.90 Å². The maximum atomic E-state index is 10.6. The Labute approximate surface area is 78.5 Å². The molecule has 76 valence electrons. The molecule has 1 aliphatic heterocycles. The zero-order chi connectivity index (χ0) is 9.52. The highest BCUT2D eigenvalue weighted by Crippen LogP contribution is 2.07. The van der Waals surface area contributed by atoms with Gasteiger partial charge in [-0.2, -0.15) is 0 Å². The zero-order valence-corrected chi connectivity index (χ0v) is 7.87. The maximum Gasteiger partial charge on any atom is 0.331 e. The Balaban J connectivity index is 2.01. The van der Waals surface area contributed by atoms with Crippen LogP contribution < -0.4 is 0 Å². The second kappa shape index (κ2) is 5.94. The molecule has 1 aliphatic rings. The SMILES string of the molecule is O=C(CO)OCCN1CCCCC1. The number of rotatable bonds is 4. The van der Waals surface area contributed by atoms with Gasteiger partial charge in [0.2, 0.25) is 0 Å². The van der Waals surface area contributed by atoms with Crippen LogP contribution in [0.3, 0.4) is 0 Å². The number of carbonyl (C=O) groups is 1. The Morgan fingerprint density at radius 2 is 2.00 bits per heavy atom. The number of nitrogens with zero attached hydrogens (tertiary/aromatic N) is 1. The van der Waals surface area contributed by atoms with Crippen molar-refractivity contribution in [3.63, 3.8) is 0 Å². The molecule has 4 heteroatoms. The van der Waals surface area contributed by atoms with E-state index in [1.54, 1.807) is 0 Å². The zero-order valence-electron chi connectivity index (χ0n) is 7.87. The minimum absolute atomic E-state index is 0.402. The van der Waals surface area contributed by atoms with Crippen molar-refractivity contribution in [2.24, 2.45) is 0 Å². The Kier molecular flexibility index (Phi) is 4.78. The van der Waals surface area contributed by atoms with Gasteiger partial charge in [0, 0.05) is 6.54 Å². The highest BCUT2D eigenvalue weighted by atomic mass is 16.5. The number of aliphatic hydroxyl groups is 1. The average Bonchev–Trinajstić information content (AvgIpc) is 2.19. The summed E-state index contributed by atoms with van der Waals surface area (Å²) in [6.07, 6.45) is 3.80. The van der Waals surface area contributed by atoms with Crippen LogP contribution in [0.4, 0.5) is 0 Å². The summed E-state index contributed by atoms with van der Waals surface area (Å²) in [4.78, 5) is 12.8. The lowest BCUT2D eigenvalue weighted by Crippen LogP contribution is -2.33. The fraction of sp³-hybridized carbons (Fsp3) is 0.889. The predicted molar refractivity (Wildman–Crippen MR) is 48.3 cm³/mol. The van der Waals surface area contributed by atoms with Gasteiger partial charge in [0.1, 0.15) is 13.2 Å². The van der Waals surface area contributed by atoms with Crippen molar-refractivity contribution in [2.75, 3.05) is 32.8 Å². The fourth-order valence-electron chi connectivity index (χ4n) is 1.52. The van der Waals surface area contributed by atoms with Gasteiger partial charge in [-0.05, 0) is 25.9 Å². The Morgan fingerprint density at radius 1 is 1.31 bits per heavy atom. The second-order valence-corrected chi connectivity index (χ2v) is 3.28. The van der Waals surface area contributed by atoms with E-state index in [1.807, 2.05) is 0 Å². The van der Waals surface area contributed by atoms with E-state index in [9.17, 15) is 4.79 Å². The number of likely N-dealkylation sites (tertiary alicyclic amines) is 1. The van der Waals surface area contributed by atoms with Gasteiger partial charge in [0.25, 0.3) is 0 Å². The van der Waals surface area contributed by atoms with Crippen molar-refractivity contribution in [3.8, 4) is 0 Å². The van der Waals surface area contributed by atoms with Crippen LogP contribution in [0.1, 0.15) is 19.3 Å². The number of carbonyl (C=O) groups excluding carboxylic acids is 1. The van der Waals surface area contributed by atoms with E-state index in [0.29, 0.717) is 6.61 Å². The van der Waals surface area contributed by atoms with Gasteiger partial charge in [-0.1, -0.05) is 6.42 Å². The van der Waals surface area contributed by atoms with Gasteiger partial charge in [-0.3, -0.25) is 4.90 Å². The third-order valence-electron chi connectivity index (χ3n) is 2.25. The average molecular weight is 187 g/mol. The van der Waals surface area contributed by atoms with Crippen LogP contribution in [0.2, 0.25) is 0 Å². The van der Waals surface area contributed by atoms with E-state index in [-0.39, 0.29) is 0 Å². The molecule has 0 aromatic heterocycles. The molecule has 0 spiro atoms.